The first-order valence-corrected chi connectivity index (χ1v) is 6.22. The minimum Gasteiger partial charge on any atom is -0.480 e. The third-order valence-electron chi connectivity index (χ3n) is 2.63. The lowest BCUT2D eigenvalue weighted by Crippen LogP contribution is -2.33. The Balaban J connectivity index is 2.47. The van der Waals surface area contributed by atoms with Gasteiger partial charge in [-0.15, -0.1) is 6.42 Å². The summed E-state index contributed by atoms with van der Waals surface area (Å²) in [5.41, 5.74) is 1.09. The van der Waals surface area contributed by atoms with Crippen LogP contribution in [0, 0.1) is 23.7 Å². The Morgan fingerprint density at radius 2 is 2.00 bits per heavy atom. The second-order valence-electron chi connectivity index (χ2n) is 4.30. The van der Waals surface area contributed by atoms with Crippen molar-refractivity contribution in [2.24, 2.45) is 0 Å². The summed E-state index contributed by atoms with van der Waals surface area (Å²) in [5, 5.41) is 20.1. The van der Waals surface area contributed by atoms with E-state index in [4.69, 9.17) is 16.8 Å². The molecule has 21 heavy (non-hydrogen) atoms. The van der Waals surface area contributed by atoms with Crippen molar-refractivity contribution in [2.75, 3.05) is 25.0 Å². The number of nitriles is 1. The smallest absolute Gasteiger partial charge is 0.317 e. The zero-order valence-corrected chi connectivity index (χ0v) is 11.4. The highest BCUT2D eigenvalue weighted by molar-refractivity contribution is 5.90. The maximum absolute atomic E-state index is 11.8. The van der Waals surface area contributed by atoms with Gasteiger partial charge in [0.05, 0.1) is 24.7 Å². The number of carboxylic acid groups (broad SMARTS) is 1. The van der Waals surface area contributed by atoms with E-state index < -0.39 is 5.97 Å². The first-order chi connectivity index (χ1) is 10.0. The Morgan fingerprint density at radius 1 is 1.33 bits per heavy atom. The van der Waals surface area contributed by atoms with Crippen molar-refractivity contribution in [2.45, 2.75) is 6.42 Å². The fourth-order valence-corrected chi connectivity index (χ4v) is 1.65. The molecule has 1 amide bonds. The van der Waals surface area contributed by atoms with Crippen LogP contribution in [0.4, 0.5) is 5.69 Å². The highest BCUT2D eigenvalue weighted by Crippen LogP contribution is 2.09. The summed E-state index contributed by atoms with van der Waals surface area (Å²) in [4.78, 5) is 23.9. The summed E-state index contributed by atoms with van der Waals surface area (Å²) < 4.78 is 0. The molecule has 0 aliphatic rings. The van der Waals surface area contributed by atoms with Crippen molar-refractivity contribution in [3.63, 3.8) is 0 Å². The van der Waals surface area contributed by atoms with Gasteiger partial charge in [-0.05, 0) is 24.3 Å². The molecular weight excluding hydrogens is 270 g/mol. The second kappa shape index (κ2) is 8.36. The van der Waals surface area contributed by atoms with Crippen LogP contribution in [0.15, 0.2) is 24.3 Å². The molecular formula is C15H15N3O3. The molecule has 6 heteroatoms. The molecule has 0 saturated heterocycles. The van der Waals surface area contributed by atoms with Gasteiger partial charge >= 0.3 is 5.97 Å². The largest absolute Gasteiger partial charge is 0.480 e. The lowest BCUT2D eigenvalue weighted by atomic mass is 10.2. The van der Waals surface area contributed by atoms with E-state index in [9.17, 15) is 9.59 Å². The quantitative estimate of drug-likeness (QED) is 0.726. The zero-order valence-electron chi connectivity index (χ0n) is 11.4. The number of aliphatic carboxylic acids is 1. The lowest BCUT2D eigenvalue weighted by Gasteiger charge is -2.16. The Labute approximate surface area is 123 Å². The Morgan fingerprint density at radius 3 is 2.52 bits per heavy atom. The molecule has 1 aromatic rings. The summed E-state index contributed by atoms with van der Waals surface area (Å²) in [7, 11) is 0. The zero-order chi connectivity index (χ0) is 15.7. The molecule has 0 bridgehead atoms. The molecule has 0 aliphatic carbocycles. The highest BCUT2D eigenvalue weighted by atomic mass is 16.4. The average molecular weight is 285 g/mol. The van der Waals surface area contributed by atoms with E-state index in [2.05, 4.69) is 11.2 Å². The molecule has 108 valence electrons. The van der Waals surface area contributed by atoms with Crippen LogP contribution >= 0.6 is 0 Å². The van der Waals surface area contributed by atoms with E-state index in [0.29, 0.717) is 11.3 Å². The Kier molecular flexibility index (Phi) is 6.46. The van der Waals surface area contributed by atoms with Gasteiger partial charge in [-0.25, -0.2) is 0 Å². The van der Waals surface area contributed by atoms with Crippen LogP contribution in [-0.2, 0) is 9.59 Å². The average Bonchev–Trinajstić information content (AvgIpc) is 2.45. The molecule has 0 heterocycles. The normalized spacial score (nSPS) is 9.67. The van der Waals surface area contributed by atoms with Gasteiger partial charge in [0.15, 0.2) is 0 Å². The second-order valence-corrected chi connectivity index (χ2v) is 4.30. The van der Waals surface area contributed by atoms with Crippen LogP contribution in [0.25, 0.3) is 0 Å². The fourth-order valence-electron chi connectivity index (χ4n) is 1.65. The standard InChI is InChI=1S/C15H15N3O3/c1-2-8-18(11-15(20)21)9-7-14(19)17-13-5-3-12(10-16)4-6-13/h1,3-6H,7-9,11H2,(H,17,19)(H,20,21). The molecule has 0 spiro atoms. The number of terminal acetylenes is 1. The topological polar surface area (TPSA) is 93.4 Å². The van der Waals surface area contributed by atoms with Gasteiger partial charge in [0.25, 0.3) is 0 Å². The predicted molar refractivity (Wildman–Crippen MR) is 77.3 cm³/mol. The number of hydrogen-bond acceptors (Lipinski definition) is 4. The van der Waals surface area contributed by atoms with Gasteiger partial charge in [-0.1, -0.05) is 5.92 Å². The van der Waals surface area contributed by atoms with Crippen LogP contribution in [0.2, 0.25) is 0 Å². The van der Waals surface area contributed by atoms with Crippen LogP contribution in [-0.4, -0.2) is 41.5 Å². The minimum absolute atomic E-state index is 0.134. The van der Waals surface area contributed by atoms with Gasteiger partial charge in [-0.3, -0.25) is 14.5 Å². The highest BCUT2D eigenvalue weighted by Gasteiger charge is 2.11. The summed E-state index contributed by atoms with van der Waals surface area (Å²) in [6.07, 6.45) is 5.28. The first kappa shape index (κ1) is 16.2. The van der Waals surface area contributed by atoms with Gasteiger partial charge < -0.3 is 10.4 Å². The number of carbonyl (C=O) groups is 2. The third kappa shape index (κ3) is 6.24. The van der Waals surface area contributed by atoms with Crippen LogP contribution in [0.5, 0.6) is 0 Å². The van der Waals surface area contributed by atoms with E-state index >= 15 is 0 Å². The third-order valence-corrected chi connectivity index (χ3v) is 2.63. The molecule has 0 radical (unpaired) electrons. The van der Waals surface area contributed by atoms with E-state index in [1.54, 1.807) is 24.3 Å². The number of rotatable bonds is 7. The number of amides is 1. The van der Waals surface area contributed by atoms with Gasteiger partial charge in [-0.2, -0.15) is 5.26 Å². The first-order valence-electron chi connectivity index (χ1n) is 6.22. The van der Waals surface area contributed by atoms with E-state index in [-0.39, 0.29) is 32.0 Å². The van der Waals surface area contributed by atoms with Crippen molar-refractivity contribution < 1.29 is 14.7 Å². The molecule has 2 N–H and O–H groups in total. The van der Waals surface area contributed by atoms with E-state index in [1.807, 2.05) is 6.07 Å². The Bertz CT molecular complexity index is 582. The minimum atomic E-state index is -0.988. The van der Waals surface area contributed by atoms with Crippen LogP contribution in [0.1, 0.15) is 12.0 Å². The molecule has 0 unspecified atom stereocenters. The summed E-state index contributed by atoms with van der Waals surface area (Å²) in [5.74, 6) is 1.13. The number of carbonyl (C=O) groups excluding carboxylic acids is 1. The maximum atomic E-state index is 11.8. The SMILES string of the molecule is C#CCN(CCC(=O)Nc1ccc(C#N)cc1)CC(=O)O. The molecule has 1 rings (SSSR count). The van der Waals surface area contributed by atoms with Crippen molar-refractivity contribution in [1.82, 2.24) is 4.90 Å². The summed E-state index contributed by atoms with van der Waals surface area (Å²) in [6, 6.07) is 8.45. The van der Waals surface area contributed by atoms with Crippen molar-refractivity contribution in [1.29, 1.82) is 5.26 Å². The maximum Gasteiger partial charge on any atom is 0.317 e. The molecule has 0 atom stereocenters. The van der Waals surface area contributed by atoms with Gasteiger partial charge in [0.2, 0.25) is 5.91 Å². The summed E-state index contributed by atoms with van der Waals surface area (Å²) in [6.45, 7) is 0.239. The lowest BCUT2D eigenvalue weighted by molar-refractivity contribution is -0.138. The van der Waals surface area contributed by atoms with Crippen LogP contribution < -0.4 is 5.32 Å². The number of benzene rings is 1. The molecule has 0 aliphatic heterocycles. The van der Waals surface area contributed by atoms with Crippen LogP contribution in [0.3, 0.4) is 0 Å². The molecule has 0 aromatic heterocycles. The monoisotopic (exact) mass is 285 g/mol. The fraction of sp³-hybridized carbons (Fsp3) is 0.267. The van der Waals surface area contributed by atoms with E-state index in [0.717, 1.165) is 0 Å². The number of hydrogen-bond donors (Lipinski definition) is 2. The molecule has 1 aromatic carbocycles. The van der Waals surface area contributed by atoms with Crippen molar-refractivity contribution in [3.05, 3.63) is 29.8 Å². The van der Waals surface area contributed by atoms with Crippen molar-refractivity contribution >= 4 is 17.6 Å². The predicted octanol–water partition coefficient (Wildman–Crippen LogP) is 0.907. The van der Waals surface area contributed by atoms with Gasteiger partial charge in [0.1, 0.15) is 0 Å². The number of anilines is 1. The Hall–Kier alpha value is -2.83. The molecule has 0 saturated carbocycles. The number of nitrogens with zero attached hydrogens (tertiary/aromatic N) is 2. The van der Waals surface area contributed by atoms with Gasteiger partial charge in [0, 0.05) is 18.7 Å². The number of nitrogens with one attached hydrogen (secondary N) is 1. The summed E-state index contributed by atoms with van der Waals surface area (Å²) >= 11 is 0. The molecule has 6 nitrogen and oxygen atoms in total. The van der Waals surface area contributed by atoms with E-state index in [1.165, 1.54) is 4.90 Å². The number of carboxylic acids is 1. The molecule has 0 fully saturated rings. The van der Waals surface area contributed by atoms with Crippen molar-refractivity contribution in [3.8, 4) is 18.4 Å².